The Hall–Kier alpha value is -1.38. The fraction of sp³-hybridized carbons (Fsp3) is 0.364. The summed E-state index contributed by atoms with van der Waals surface area (Å²) in [5.74, 6) is -0.988. The molecule has 14 heavy (non-hydrogen) atoms. The normalized spacial score (nSPS) is 11.4. The summed E-state index contributed by atoms with van der Waals surface area (Å²) in [5, 5.41) is 0. The Morgan fingerprint density at radius 2 is 1.93 bits per heavy atom. The Kier molecular flexibility index (Phi) is 2.60. The lowest BCUT2D eigenvalue weighted by Crippen LogP contribution is -2.16. The number of amides is 1. The molecule has 1 aromatic carbocycles. The smallest absolute Gasteiger partial charge is 0.248 e. The molecule has 0 bridgehead atoms. The van der Waals surface area contributed by atoms with Gasteiger partial charge in [-0.05, 0) is 23.1 Å². The number of carbonyl (C=O) groups excluding carboxylic acids is 1. The molecule has 2 N–H and O–H groups in total. The van der Waals surface area contributed by atoms with E-state index in [1.54, 1.807) is 12.1 Å². The third-order valence-corrected chi connectivity index (χ3v) is 2.06. The second-order valence-electron chi connectivity index (χ2n) is 4.31. The van der Waals surface area contributed by atoms with Gasteiger partial charge in [-0.25, -0.2) is 4.39 Å². The van der Waals surface area contributed by atoms with Crippen LogP contribution in [0, 0.1) is 5.82 Å². The average Bonchev–Trinajstić information content (AvgIpc) is 2.01. The van der Waals surface area contributed by atoms with E-state index < -0.39 is 5.91 Å². The van der Waals surface area contributed by atoms with Crippen molar-refractivity contribution in [3.8, 4) is 0 Å². The molecule has 0 aliphatic heterocycles. The van der Waals surface area contributed by atoms with Gasteiger partial charge in [0, 0.05) is 5.56 Å². The van der Waals surface area contributed by atoms with Crippen LogP contribution in [0.1, 0.15) is 36.7 Å². The largest absolute Gasteiger partial charge is 0.366 e. The van der Waals surface area contributed by atoms with E-state index in [1.165, 1.54) is 6.07 Å². The van der Waals surface area contributed by atoms with Crippen LogP contribution in [0.15, 0.2) is 18.2 Å². The quantitative estimate of drug-likeness (QED) is 0.733. The Morgan fingerprint density at radius 3 is 2.29 bits per heavy atom. The van der Waals surface area contributed by atoms with E-state index in [-0.39, 0.29) is 16.8 Å². The van der Waals surface area contributed by atoms with Crippen LogP contribution in [-0.2, 0) is 5.41 Å². The Morgan fingerprint density at radius 1 is 1.36 bits per heavy atom. The van der Waals surface area contributed by atoms with Crippen LogP contribution in [0.4, 0.5) is 4.39 Å². The number of halogens is 1. The van der Waals surface area contributed by atoms with Crippen LogP contribution < -0.4 is 5.73 Å². The van der Waals surface area contributed by atoms with Gasteiger partial charge in [0.05, 0.1) is 0 Å². The third-order valence-electron chi connectivity index (χ3n) is 2.06. The molecule has 1 aromatic rings. The highest BCUT2D eigenvalue weighted by Gasteiger charge is 2.18. The first kappa shape index (κ1) is 10.7. The van der Waals surface area contributed by atoms with Crippen molar-refractivity contribution in [2.45, 2.75) is 26.2 Å². The van der Waals surface area contributed by atoms with Crippen LogP contribution >= 0.6 is 0 Å². The molecule has 0 saturated heterocycles. The standard InChI is InChI=1S/C11H14FNO/c1-11(2,3)8-5-4-7(10(13)14)6-9(8)12/h4-6H,1-3H3,(H2,13,14). The van der Waals surface area contributed by atoms with Crippen LogP contribution in [-0.4, -0.2) is 5.91 Å². The van der Waals surface area contributed by atoms with Crippen LogP contribution in [0.3, 0.4) is 0 Å². The molecule has 2 nitrogen and oxygen atoms in total. The monoisotopic (exact) mass is 195 g/mol. The summed E-state index contributed by atoms with van der Waals surface area (Å²) in [6.07, 6.45) is 0. The molecular weight excluding hydrogens is 181 g/mol. The number of nitrogens with two attached hydrogens (primary N) is 1. The molecule has 0 saturated carbocycles. The highest BCUT2D eigenvalue weighted by atomic mass is 19.1. The molecule has 3 heteroatoms. The number of carbonyl (C=O) groups is 1. The van der Waals surface area contributed by atoms with Crippen molar-refractivity contribution >= 4 is 5.91 Å². The molecule has 76 valence electrons. The van der Waals surface area contributed by atoms with Gasteiger partial charge >= 0.3 is 0 Å². The molecule has 0 spiro atoms. The van der Waals surface area contributed by atoms with E-state index in [0.717, 1.165) is 0 Å². The Labute approximate surface area is 82.9 Å². The summed E-state index contributed by atoms with van der Waals surface area (Å²) in [6, 6.07) is 4.34. The van der Waals surface area contributed by atoms with E-state index in [1.807, 2.05) is 20.8 Å². The minimum Gasteiger partial charge on any atom is -0.366 e. The second-order valence-corrected chi connectivity index (χ2v) is 4.31. The van der Waals surface area contributed by atoms with Crippen LogP contribution in [0.25, 0.3) is 0 Å². The highest BCUT2D eigenvalue weighted by Crippen LogP contribution is 2.25. The van der Waals surface area contributed by atoms with Gasteiger partial charge in [0.2, 0.25) is 5.91 Å². The first-order chi connectivity index (χ1) is 6.32. The van der Waals surface area contributed by atoms with Gasteiger partial charge in [0.15, 0.2) is 0 Å². The molecule has 0 radical (unpaired) electrons. The maximum absolute atomic E-state index is 13.5. The van der Waals surface area contributed by atoms with E-state index in [2.05, 4.69) is 0 Å². The summed E-state index contributed by atoms with van der Waals surface area (Å²) in [4.78, 5) is 10.8. The second kappa shape index (κ2) is 3.40. The molecule has 1 amide bonds. The van der Waals surface area contributed by atoms with Gasteiger partial charge in [-0.15, -0.1) is 0 Å². The predicted octanol–water partition coefficient (Wildman–Crippen LogP) is 2.22. The zero-order chi connectivity index (χ0) is 10.9. The number of hydrogen-bond donors (Lipinski definition) is 1. The summed E-state index contributed by atoms with van der Waals surface area (Å²) in [6.45, 7) is 5.74. The molecule has 0 atom stereocenters. The van der Waals surface area contributed by atoms with E-state index >= 15 is 0 Å². The minimum absolute atomic E-state index is 0.204. The third kappa shape index (κ3) is 2.10. The van der Waals surface area contributed by atoms with Crippen molar-refractivity contribution in [1.82, 2.24) is 0 Å². The summed E-state index contributed by atoms with van der Waals surface area (Å²) < 4.78 is 13.5. The fourth-order valence-corrected chi connectivity index (χ4v) is 1.28. The molecule has 0 aliphatic carbocycles. The molecule has 0 aromatic heterocycles. The highest BCUT2D eigenvalue weighted by molar-refractivity contribution is 5.92. The lowest BCUT2D eigenvalue weighted by atomic mass is 9.86. The van der Waals surface area contributed by atoms with Gasteiger partial charge in [0.25, 0.3) is 0 Å². The first-order valence-electron chi connectivity index (χ1n) is 4.42. The Bertz CT molecular complexity index is 366. The van der Waals surface area contributed by atoms with Crippen molar-refractivity contribution < 1.29 is 9.18 Å². The van der Waals surface area contributed by atoms with Crippen molar-refractivity contribution in [2.75, 3.05) is 0 Å². The fourth-order valence-electron chi connectivity index (χ4n) is 1.28. The summed E-state index contributed by atoms with van der Waals surface area (Å²) in [5.41, 5.74) is 5.56. The van der Waals surface area contributed by atoms with E-state index in [0.29, 0.717) is 5.56 Å². The lowest BCUT2D eigenvalue weighted by Gasteiger charge is -2.19. The maximum Gasteiger partial charge on any atom is 0.248 e. The summed E-state index contributed by atoms with van der Waals surface area (Å²) in [7, 11) is 0. The van der Waals surface area contributed by atoms with Crippen LogP contribution in [0.2, 0.25) is 0 Å². The SMILES string of the molecule is CC(C)(C)c1ccc(C(N)=O)cc1F. The van der Waals surface area contributed by atoms with Gasteiger partial charge in [-0.3, -0.25) is 4.79 Å². The molecule has 0 aliphatic rings. The van der Waals surface area contributed by atoms with Crippen LogP contribution in [0.5, 0.6) is 0 Å². The topological polar surface area (TPSA) is 43.1 Å². The maximum atomic E-state index is 13.5. The zero-order valence-corrected chi connectivity index (χ0v) is 8.60. The van der Waals surface area contributed by atoms with E-state index in [4.69, 9.17) is 5.73 Å². The predicted molar refractivity (Wildman–Crippen MR) is 53.6 cm³/mol. The van der Waals surface area contributed by atoms with Crippen molar-refractivity contribution in [2.24, 2.45) is 5.73 Å². The molecule has 0 heterocycles. The average molecular weight is 195 g/mol. The molecular formula is C11H14FNO. The number of benzene rings is 1. The Balaban J connectivity index is 3.21. The van der Waals surface area contributed by atoms with Gasteiger partial charge in [0.1, 0.15) is 5.82 Å². The number of primary amides is 1. The summed E-state index contributed by atoms with van der Waals surface area (Å²) >= 11 is 0. The lowest BCUT2D eigenvalue weighted by molar-refractivity contribution is 0.1000. The van der Waals surface area contributed by atoms with Gasteiger partial charge < -0.3 is 5.73 Å². The minimum atomic E-state index is -0.607. The van der Waals surface area contributed by atoms with Crippen molar-refractivity contribution in [3.63, 3.8) is 0 Å². The molecule has 0 unspecified atom stereocenters. The first-order valence-corrected chi connectivity index (χ1v) is 4.42. The molecule has 0 fully saturated rings. The van der Waals surface area contributed by atoms with Crippen molar-refractivity contribution in [3.05, 3.63) is 35.1 Å². The van der Waals surface area contributed by atoms with E-state index in [9.17, 15) is 9.18 Å². The number of hydrogen-bond acceptors (Lipinski definition) is 1. The zero-order valence-electron chi connectivity index (χ0n) is 8.60. The molecule has 1 rings (SSSR count). The van der Waals surface area contributed by atoms with Gasteiger partial charge in [-0.2, -0.15) is 0 Å². The van der Waals surface area contributed by atoms with Gasteiger partial charge in [-0.1, -0.05) is 26.8 Å². The van der Waals surface area contributed by atoms with Crippen molar-refractivity contribution in [1.29, 1.82) is 0 Å². The number of rotatable bonds is 1.